The highest BCUT2D eigenvalue weighted by atomic mass is 16.3. The maximum absolute atomic E-state index is 12.3. The summed E-state index contributed by atoms with van der Waals surface area (Å²) in [7, 11) is 1.67. The molecule has 5 heteroatoms. The molecule has 2 N–H and O–H groups in total. The maximum atomic E-state index is 12.3. The summed E-state index contributed by atoms with van der Waals surface area (Å²) in [6, 6.07) is 5.28. The van der Waals surface area contributed by atoms with Gasteiger partial charge in [-0.05, 0) is 44.0 Å². The number of hydrogen-bond donors (Lipinski definition) is 2. The van der Waals surface area contributed by atoms with Crippen molar-refractivity contribution in [3.8, 4) is 0 Å². The molecular weight excluding hydrogens is 256 g/mol. The molecular formula is C15H20N2O3. The van der Waals surface area contributed by atoms with Crippen LogP contribution in [0.3, 0.4) is 0 Å². The predicted octanol–water partition coefficient (Wildman–Crippen LogP) is 1.41. The van der Waals surface area contributed by atoms with Crippen molar-refractivity contribution in [1.29, 1.82) is 0 Å². The zero-order valence-electron chi connectivity index (χ0n) is 12.1. The van der Waals surface area contributed by atoms with Crippen molar-refractivity contribution in [2.75, 3.05) is 18.9 Å². The van der Waals surface area contributed by atoms with Crippen molar-refractivity contribution >= 4 is 17.5 Å². The van der Waals surface area contributed by atoms with Crippen molar-refractivity contribution in [1.82, 2.24) is 4.90 Å². The third-order valence-corrected chi connectivity index (χ3v) is 3.22. The number of aryl methyl sites for hydroxylation is 1. The zero-order valence-corrected chi connectivity index (χ0v) is 12.1. The number of nitrogens with one attached hydrogen (secondary N) is 1. The fraction of sp³-hybridized carbons (Fsp3) is 0.467. The van der Waals surface area contributed by atoms with Gasteiger partial charge < -0.3 is 15.3 Å². The summed E-state index contributed by atoms with van der Waals surface area (Å²) >= 11 is 0. The van der Waals surface area contributed by atoms with E-state index in [2.05, 4.69) is 5.32 Å². The number of benzene rings is 1. The van der Waals surface area contributed by atoms with Gasteiger partial charge in [-0.15, -0.1) is 0 Å². The van der Waals surface area contributed by atoms with E-state index in [0.717, 1.165) is 11.3 Å². The number of carbonyl (C=O) groups is 2. The molecule has 0 saturated carbocycles. The predicted molar refractivity (Wildman–Crippen MR) is 76.7 cm³/mol. The molecule has 0 aliphatic carbocycles. The molecule has 108 valence electrons. The standard InChI is InChI=1S/C15H20N2O3/c1-15(2,20)9-17(3)14(19)11-4-6-12-10(8-11)5-7-13(18)16-12/h4,6,8,20H,5,7,9H2,1-3H3,(H,16,18). The van der Waals surface area contributed by atoms with Crippen LogP contribution in [0.1, 0.15) is 36.2 Å². The Balaban J connectivity index is 2.17. The van der Waals surface area contributed by atoms with Gasteiger partial charge in [-0.3, -0.25) is 9.59 Å². The van der Waals surface area contributed by atoms with Crippen LogP contribution >= 0.6 is 0 Å². The first-order valence-corrected chi connectivity index (χ1v) is 6.67. The van der Waals surface area contributed by atoms with E-state index in [-0.39, 0.29) is 18.4 Å². The summed E-state index contributed by atoms with van der Waals surface area (Å²) < 4.78 is 0. The number of hydrogen-bond acceptors (Lipinski definition) is 3. The Morgan fingerprint density at radius 2 is 2.10 bits per heavy atom. The van der Waals surface area contributed by atoms with Crippen LogP contribution in [-0.2, 0) is 11.2 Å². The van der Waals surface area contributed by atoms with Crippen LogP contribution in [0.15, 0.2) is 18.2 Å². The van der Waals surface area contributed by atoms with E-state index in [9.17, 15) is 14.7 Å². The average molecular weight is 276 g/mol. The molecule has 2 amide bonds. The van der Waals surface area contributed by atoms with E-state index in [1.54, 1.807) is 33.0 Å². The van der Waals surface area contributed by atoms with Gasteiger partial charge in [0, 0.05) is 31.3 Å². The van der Waals surface area contributed by atoms with Crippen molar-refractivity contribution in [3.05, 3.63) is 29.3 Å². The lowest BCUT2D eigenvalue weighted by molar-refractivity contribution is -0.116. The summed E-state index contributed by atoms with van der Waals surface area (Å²) in [4.78, 5) is 25.1. The largest absolute Gasteiger partial charge is 0.389 e. The number of rotatable bonds is 3. The quantitative estimate of drug-likeness (QED) is 0.877. The molecule has 1 aromatic carbocycles. The first kappa shape index (κ1) is 14.5. The second kappa shape index (κ2) is 5.25. The first-order valence-electron chi connectivity index (χ1n) is 6.67. The number of carbonyl (C=O) groups excluding carboxylic acids is 2. The van der Waals surface area contributed by atoms with E-state index < -0.39 is 5.60 Å². The Hall–Kier alpha value is -1.88. The molecule has 5 nitrogen and oxygen atoms in total. The number of nitrogens with zero attached hydrogens (tertiary/aromatic N) is 1. The molecule has 0 radical (unpaired) electrons. The van der Waals surface area contributed by atoms with Crippen molar-refractivity contribution in [2.24, 2.45) is 0 Å². The van der Waals surface area contributed by atoms with Crippen LogP contribution in [0.2, 0.25) is 0 Å². The third kappa shape index (κ3) is 3.36. The summed E-state index contributed by atoms with van der Waals surface area (Å²) in [5.41, 5.74) is 1.41. The maximum Gasteiger partial charge on any atom is 0.253 e. The van der Waals surface area contributed by atoms with Crippen LogP contribution in [0.4, 0.5) is 5.69 Å². The van der Waals surface area contributed by atoms with E-state index in [1.165, 1.54) is 4.90 Å². The van der Waals surface area contributed by atoms with Crippen LogP contribution in [0.25, 0.3) is 0 Å². The molecule has 20 heavy (non-hydrogen) atoms. The Bertz CT molecular complexity index is 547. The number of fused-ring (bicyclic) bond motifs is 1. The number of aliphatic hydroxyl groups is 1. The average Bonchev–Trinajstić information content (AvgIpc) is 2.35. The van der Waals surface area contributed by atoms with Crippen LogP contribution < -0.4 is 5.32 Å². The lowest BCUT2D eigenvalue weighted by atomic mass is 9.99. The summed E-state index contributed by atoms with van der Waals surface area (Å²) in [6.07, 6.45) is 1.10. The molecule has 1 heterocycles. The molecule has 0 spiro atoms. The van der Waals surface area contributed by atoms with Crippen LogP contribution in [0.5, 0.6) is 0 Å². The van der Waals surface area contributed by atoms with E-state index in [4.69, 9.17) is 0 Å². The number of anilines is 1. The Kier molecular flexibility index (Phi) is 3.81. The lowest BCUT2D eigenvalue weighted by Crippen LogP contribution is -2.39. The summed E-state index contributed by atoms with van der Waals surface area (Å²) in [6.45, 7) is 3.60. The highest BCUT2D eigenvalue weighted by Gasteiger charge is 2.22. The lowest BCUT2D eigenvalue weighted by Gasteiger charge is -2.26. The summed E-state index contributed by atoms with van der Waals surface area (Å²) in [5, 5.41) is 12.6. The smallest absolute Gasteiger partial charge is 0.253 e. The van der Waals surface area contributed by atoms with Gasteiger partial charge in [0.15, 0.2) is 0 Å². The molecule has 0 aromatic heterocycles. The molecule has 2 rings (SSSR count). The molecule has 0 unspecified atom stereocenters. The Labute approximate surface area is 118 Å². The highest BCUT2D eigenvalue weighted by molar-refractivity contribution is 5.97. The minimum absolute atomic E-state index is 0.00993. The van der Waals surface area contributed by atoms with E-state index in [1.807, 2.05) is 6.07 Å². The minimum atomic E-state index is -0.924. The second-order valence-corrected chi connectivity index (χ2v) is 5.89. The summed E-state index contributed by atoms with van der Waals surface area (Å²) in [5.74, 6) is -0.123. The van der Waals surface area contributed by atoms with Gasteiger partial charge in [0.25, 0.3) is 5.91 Å². The van der Waals surface area contributed by atoms with Crippen molar-refractivity contribution in [3.63, 3.8) is 0 Å². The van der Waals surface area contributed by atoms with Crippen LogP contribution in [-0.4, -0.2) is 41.0 Å². The van der Waals surface area contributed by atoms with Gasteiger partial charge in [-0.1, -0.05) is 0 Å². The zero-order chi connectivity index (χ0) is 14.9. The molecule has 0 bridgehead atoms. The Morgan fingerprint density at radius 1 is 1.40 bits per heavy atom. The molecule has 1 aliphatic rings. The van der Waals surface area contributed by atoms with Gasteiger partial charge >= 0.3 is 0 Å². The molecule has 1 aliphatic heterocycles. The van der Waals surface area contributed by atoms with Crippen LogP contribution in [0, 0.1) is 0 Å². The fourth-order valence-electron chi connectivity index (χ4n) is 2.39. The molecule has 0 atom stereocenters. The van der Waals surface area contributed by atoms with Gasteiger partial charge in [-0.2, -0.15) is 0 Å². The second-order valence-electron chi connectivity index (χ2n) is 5.89. The van der Waals surface area contributed by atoms with Crippen molar-refractivity contribution < 1.29 is 14.7 Å². The third-order valence-electron chi connectivity index (χ3n) is 3.22. The Morgan fingerprint density at radius 3 is 2.75 bits per heavy atom. The molecule has 0 fully saturated rings. The monoisotopic (exact) mass is 276 g/mol. The minimum Gasteiger partial charge on any atom is -0.389 e. The normalized spacial score (nSPS) is 14.5. The van der Waals surface area contributed by atoms with Crippen molar-refractivity contribution in [2.45, 2.75) is 32.3 Å². The number of amides is 2. The van der Waals surface area contributed by atoms with Gasteiger partial charge in [0.05, 0.1) is 5.60 Å². The number of likely N-dealkylation sites (N-methyl/N-ethyl adjacent to an activating group) is 1. The van der Waals surface area contributed by atoms with Gasteiger partial charge in [-0.25, -0.2) is 0 Å². The molecule has 1 aromatic rings. The van der Waals surface area contributed by atoms with E-state index in [0.29, 0.717) is 18.4 Å². The van der Waals surface area contributed by atoms with E-state index >= 15 is 0 Å². The first-order chi connectivity index (χ1) is 9.26. The van der Waals surface area contributed by atoms with Gasteiger partial charge in [0.2, 0.25) is 5.91 Å². The van der Waals surface area contributed by atoms with Gasteiger partial charge in [0.1, 0.15) is 0 Å². The topological polar surface area (TPSA) is 69.6 Å². The highest BCUT2D eigenvalue weighted by Crippen LogP contribution is 2.24. The SMILES string of the molecule is CN(CC(C)(C)O)C(=O)c1ccc2c(c1)CCC(=O)N2. The molecule has 0 saturated heterocycles. The fourth-order valence-corrected chi connectivity index (χ4v) is 2.39.